The number of nitrogens with one attached hydrogen (secondary N) is 3. The Morgan fingerprint density at radius 3 is 2.23 bits per heavy atom. The summed E-state index contributed by atoms with van der Waals surface area (Å²) in [5, 5.41) is 3.49. The molecule has 3 rings (SSSR count). The number of alkyl carbamates (subject to hydrolysis) is 1. The molecule has 0 atom stereocenters. The van der Waals surface area contributed by atoms with Crippen LogP contribution in [0.25, 0.3) is 11.0 Å². The van der Waals surface area contributed by atoms with Crippen molar-refractivity contribution in [2.75, 3.05) is 0 Å². The second-order valence-electron chi connectivity index (χ2n) is 8.01. The van der Waals surface area contributed by atoms with E-state index in [4.69, 9.17) is 9.15 Å². The molecular weight excluding hydrogens is 398 g/mol. The topological polar surface area (TPSA) is 110 Å². The molecule has 8 nitrogen and oxygen atoms in total. The van der Waals surface area contributed by atoms with Crippen molar-refractivity contribution in [3.05, 3.63) is 71.0 Å². The fourth-order valence-corrected chi connectivity index (χ4v) is 2.90. The number of amides is 3. The van der Waals surface area contributed by atoms with E-state index < -0.39 is 23.5 Å². The Morgan fingerprint density at radius 1 is 0.935 bits per heavy atom. The summed E-state index contributed by atoms with van der Waals surface area (Å²) >= 11 is 0. The lowest BCUT2D eigenvalue weighted by Gasteiger charge is -2.19. The molecule has 0 bridgehead atoms. The molecule has 0 aliphatic rings. The molecule has 1 heterocycles. The molecule has 0 saturated carbocycles. The average molecular weight is 423 g/mol. The van der Waals surface area contributed by atoms with Gasteiger partial charge in [0.25, 0.3) is 5.91 Å². The number of hydrogen-bond donors (Lipinski definition) is 3. The van der Waals surface area contributed by atoms with Crippen molar-refractivity contribution in [1.82, 2.24) is 16.2 Å². The van der Waals surface area contributed by atoms with E-state index in [-0.39, 0.29) is 12.3 Å². The molecule has 1 aromatic heterocycles. The summed E-state index contributed by atoms with van der Waals surface area (Å²) in [6.07, 6.45) is -0.516. The molecule has 2 aromatic carbocycles. The number of rotatable bonds is 4. The van der Waals surface area contributed by atoms with Gasteiger partial charge in [-0.25, -0.2) is 4.79 Å². The van der Waals surface area contributed by atoms with Gasteiger partial charge in [0.1, 0.15) is 11.2 Å². The van der Waals surface area contributed by atoms with Gasteiger partial charge >= 0.3 is 12.0 Å². The highest BCUT2D eigenvalue weighted by Gasteiger charge is 2.18. The second-order valence-corrected chi connectivity index (χ2v) is 8.01. The quantitative estimate of drug-likeness (QED) is 0.553. The average Bonchev–Trinajstić information content (AvgIpc) is 3.06. The van der Waals surface area contributed by atoms with Crippen LogP contribution in [0.5, 0.6) is 0 Å². The van der Waals surface area contributed by atoms with Gasteiger partial charge in [0, 0.05) is 23.1 Å². The predicted octanol–water partition coefficient (Wildman–Crippen LogP) is 3.84. The van der Waals surface area contributed by atoms with Crippen molar-refractivity contribution >= 4 is 28.9 Å². The number of aryl methyl sites for hydroxylation is 1. The van der Waals surface area contributed by atoms with Gasteiger partial charge in [-0.3, -0.25) is 20.4 Å². The molecule has 0 aliphatic heterocycles. The molecular formula is C23H25N3O5. The third-order valence-corrected chi connectivity index (χ3v) is 4.39. The monoisotopic (exact) mass is 423 g/mol. The molecule has 8 heteroatoms. The Labute approximate surface area is 179 Å². The SMILES string of the molecule is Cc1c(C(=O)NNC(=O)c2ccc(CNC(=O)OC(C)(C)C)cc2)oc2ccccc12. The summed E-state index contributed by atoms with van der Waals surface area (Å²) in [5.41, 5.74) is 6.62. The lowest BCUT2D eigenvalue weighted by atomic mass is 10.1. The number of carbonyl (C=O) groups excluding carboxylic acids is 3. The molecule has 0 unspecified atom stereocenters. The molecule has 162 valence electrons. The van der Waals surface area contributed by atoms with Crippen LogP contribution in [0.2, 0.25) is 0 Å². The van der Waals surface area contributed by atoms with Gasteiger partial charge in [0.05, 0.1) is 0 Å². The van der Waals surface area contributed by atoms with E-state index in [2.05, 4.69) is 16.2 Å². The lowest BCUT2D eigenvalue weighted by molar-refractivity contribution is 0.0523. The first-order valence-electron chi connectivity index (χ1n) is 9.78. The molecule has 0 saturated heterocycles. The van der Waals surface area contributed by atoms with Crippen molar-refractivity contribution in [3.63, 3.8) is 0 Å². The van der Waals surface area contributed by atoms with Crippen molar-refractivity contribution in [1.29, 1.82) is 0 Å². The molecule has 0 spiro atoms. The third kappa shape index (κ3) is 5.63. The molecule has 3 aromatic rings. The standard InChI is InChI=1S/C23H25N3O5/c1-14-17-7-5-6-8-18(17)30-19(14)21(28)26-25-20(27)16-11-9-15(10-12-16)13-24-22(29)31-23(2,3)4/h5-12H,13H2,1-4H3,(H,24,29)(H,25,27)(H,26,28). The zero-order valence-electron chi connectivity index (χ0n) is 17.9. The highest BCUT2D eigenvalue weighted by molar-refractivity contribution is 6.01. The van der Waals surface area contributed by atoms with Gasteiger partial charge in [0.2, 0.25) is 0 Å². The Morgan fingerprint density at radius 2 is 1.58 bits per heavy atom. The second kappa shape index (κ2) is 8.91. The van der Waals surface area contributed by atoms with Gasteiger partial charge < -0.3 is 14.5 Å². The van der Waals surface area contributed by atoms with E-state index >= 15 is 0 Å². The molecule has 31 heavy (non-hydrogen) atoms. The predicted molar refractivity (Wildman–Crippen MR) is 115 cm³/mol. The van der Waals surface area contributed by atoms with Crippen LogP contribution in [0.1, 0.15) is 52.8 Å². The van der Waals surface area contributed by atoms with E-state index in [1.807, 2.05) is 18.2 Å². The van der Waals surface area contributed by atoms with E-state index in [1.165, 1.54) is 0 Å². The lowest BCUT2D eigenvalue weighted by Crippen LogP contribution is -2.41. The number of ether oxygens (including phenoxy) is 1. The fraction of sp³-hybridized carbons (Fsp3) is 0.261. The van der Waals surface area contributed by atoms with Crippen LogP contribution in [0.3, 0.4) is 0 Å². The first-order valence-corrected chi connectivity index (χ1v) is 9.78. The maximum atomic E-state index is 12.4. The highest BCUT2D eigenvalue weighted by Crippen LogP contribution is 2.24. The van der Waals surface area contributed by atoms with Crippen LogP contribution in [0.15, 0.2) is 52.9 Å². The number of hydrazine groups is 1. The van der Waals surface area contributed by atoms with E-state index in [0.717, 1.165) is 10.9 Å². The molecule has 3 N–H and O–H groups in total. The van der Waals surface area contributed by atoms with Crippen molar-refractivity contribution in [2.24, 2.45) is 0 Å². The van der Waals surface area contributed by atoms with E-state index in [9.17, 15) is 14.4 Å². The zero-order chi connectivity index (χ0) is 22.6. The Hall–Kier alpha value is -3.81. The zero-order valence-corrected chi connectivity index (χ0v) is 17.9. The van der Waals surface area contributed by atoms with Gasteiger partial charge in [-0.15, -0.1) is 0 Å². The van der Waals surface area contributed by atoms with Crippen LogP contribution in [0, 0.1) is 6.92 Å². The van der Waals surface area contributed by atoms with Crippen LogP contribution in [0.4, 0.5) is 4.79 Å². The van der Waals surface area contributed by atoms with Crippen LogP contribution < -0.4 is 16.2 Å². The Balaban J connectivity index is 1.54. The van der Waals surface area contributed by atoms with Crippen molar-refractivity contribution in [2.45, 2.75) is 39.8 Å². The first-order chi connectivity index (χ1) is 14.6. The highest BCUT2D eigenvalue weighted by atomic mass is 16.6. The fourth-order valence-electron chi connectivity index (χ4n) is 2.90. The molecule has 0 aliphatic carbocycles. The van der Waals surface area contributed by atoms with E-state index in [0.29, 0.717) is 16.7 Å². The molecule has 3 amide bonds. The van der Waals surface area contributed by atoms with Crippen LogP contribution in [-0.2, 0) is 11.3 Å². The molecule has 0 radical (unpaired) electrons. The first kappa shape index (κ1) is 21.9. The number of para-hydroxylation sites is 1. The van der Waals surface area contributed by atoms with Gasteiger partial charge in [-0.2, -0.15) is 0 Å². The summed E-state index contributed by atoms with van der Waals surface area (Å²) in [6.45, 7) is 7.41. The molecule has 0 fully saturated rings. The number of fused-ring (bicyclic) bond motifs is 1. The van der Waals surface area contributed by atoms with Gasteiger partial charge in [-0.1, -0.05) is 30.3 Å². The van der Waals surface area contributed by atoms with Gasteiger partial charge in [0.15, 0.2) is 5.76 Å². The largest absolute Gasteiger partial charge is 0.451 e. The van der Waals surface area contributed by atoms with E-state index in [1.54, 1.807) is 58.0 Å². The van der Waals surface area contributed by atoms with Crippen LogP contribution in [-0.4, -0.2) is 23.5 Å². The summed E-state index contributed by atoms with van der Waals surface area (Å²) in [6, 6.07) is 13.9. The summed E-state index contributed by atoms with van der Waals surface area (Å²) in [5.74, 6) is -0.876. The summed E-state index contributed by atoms with van der Waals surface area (Å²) < 4.78 is 10.8. The smallest absolute Gasteiger partial charge is 0.407 e. The maximum Gasteiger partial charge on any atom is 0.407 e. The minimum Gasteiger partial charge on any atom is -0.451 e. The van der Waals surface area contributed by atoms with Gasteiger partial charge in [-0.05, 0) is 51.5 Å². The van der Waals surface area contributed by atoms with Crippen molar-refractivity contribution < 1.29 is 23.5 Å². The van der Waals surface area contributed by atoms with Crippen molar-refractivity contribution in [3.8, 4) is 0 Å². The number of hydrogen-bond acceptors (Lipinski definition) is 5. The summed E-state index contributed by atoms with van der Waals surface area (Å²) in [7, 11) is 0. The number of carbonyl (C=O) groups is 3. The van der Waals surface area contributed by atoms with Crippen LogP contribution >= 0.6 is 0 Å². The normalized spacial score (nSPS) is 11.1. The maximum absolute atomic E-state index is 12.4. The Bertz CT molecular complexity index is 1110. The number of benzene rings is 2. The third-order valence-electron chi connectivity index (χ3n) is 4.39. The minimum atomic E-state index is -0.572. The minimum absolute atomic E-state index is 0.144. The Kier molecular flexibility index (Phi) is 6.29. The summed E-state index contributed by atoms with van der Waals surface area (Å²) in [4.78, 5) is 36.4. The number of furan rings is 1.